The average molecular weight is 343 g/mol. The van der Waals surface area contributed by atoms with Crippen molar-refractivity contribution in [3.63, 3.8) is 0 Å². The first-order chi connectivity index (χ1) is 10.8. The van der Waals surface area contributed by atoms with E-state index in [9.17, 15) is 4.79 Å². The lowest BCUT2D eigenvalue weighted by Gasteiger charge is -2.22. The first-order valence-electron chi connectivity index (χ1n) is 8.10. The molecule has 0 aliphatic rings. The largest absolute Gasteiger partial charge is 0.464 e. The van der Waals surface area contributed by atoms with Gasteiger partial charge in [0.25, 0.3) is 0 Å². The van der Waals surface area contributed by atoms with Gasteiger partial charge in [-0.3, -0.25) is 0 Å². The topological polar surface area (TPSA) is 63.5 Å². The van der Waals surface area contributed by atoms with Gasteiger partial charge in [0.05, 0.1) is 12.3 Å². The standard InChI is InChI=1S/C17H30N2O3S/c1-6-7-13(10-19-16(20)22-17(2,3)4)18-11-14-8-9-15(21-14)12-23-5/h8-9,13,18H,6-7,10-12H2,1-5H3,(H,19,20). The molecule has 2 N–H and O–H groups in total. The van der Waals surface area contributed by atoms with Crippen molar-refractivity contribution in [2.24, 2.45) is 0 Å². The summed E-state index contributed by atoms with van der Waals surface area (Å²) in [7, 11) is 0. The van der Waals surface area contributed by atoms with Crippen LogP contribution in [0.5, 0.6) is 0 Å². The minimum atomic E-state index is -0.473. The molecule has 1 atom stereocenters. The van der Waals surface area contributed by atoms with Gasteiger partial charge in [0, 0.05) is 12.6 Å². The van der Waals surface area contributed by atoms with E-state index in [1.165, 1.54) is 0 Å². The number of hydrogen-bond acceptors (Lipinski definition) is 5. The molecule has 0 aliphatic heterocycles. The highest BCUT2D eigenvalue weighted by molar-refractivity contribution is 7.97. The fourth-order valence-electron chi connectivity index (χ4n) is 2.13. The SMILES string of the molecule is CCCC(CNC(=O)OC(C)(C)C)NCc1ccc(CSC)o1. The van der Waals surface area contributed by atoms with Crippen LogP contribution in [0.15, 0.2) is 16.5 Å². The van der Waals surface area contributed by atoms with E-state index >= 15 is 0 Å². The lowest BCUT2D eigenvalue weighted by atomic mass is 10.1. The van der Waals surface area contributed by atoms with Crippen molar-refractivity contribution in [1.29, 1.82) is 0 Å². The minimum Gasteiger partial charge on any atom is -0.464 e. The van der Waals surface area contributed by atoms with Crippen LogP contribution in [0.25, 0.3) is 0 Å². The Balaban J connectivity index is 2.40. The number of nitrogens with one attached hydrogen (secondary N) is 2. The summed E-state index contributed by atoms with van der Waals surface area (Å²) in [6.07, 6.45) is 3.71. The molecule has 6 heteroatoms. The van der Waals surface area contributed by atoms with E-state index in [-0.39, 0.29) is 12.1 Å². The molecule has 0 bridgehead atoms. The summed E-state index contributed by atoms with van der Waals surface area (Å²) in [5, 5.41) is 6.27. The molecule has 0 aliphatic carbocycles. The predicted molar refractivity (Wildman–Crippen MR) is 95.7 cm³/mol. The van der Waals surface area contributed by atoms with Crippen LogP contribution in [0.3, 0.4) is 0 Å². The molecule has 0 radical (unpaired) electrons. The fourth-order valence-corrected chi connectivity index (χ4v) is 2.57. The van der Waals surface area contributed by atoms with Gasteiger partial charge in [0.2, 0.25) is 0 Å². The highest BCUT2D eigenvalue weighted by atomic mass is 32.2. The zero-order valence-electron chi connectivity index (χ0n) is 14.9. The van der Waals surface area contributed by atoms with Gasteiger partial charge in [0.15, 0.2) is 0 Å². The number of ether oxygens (including phenoxy) is 1. The molecule has 0 spiro atoms. The van der Waals surface area contributed by atoms with Gasteiger partial charge in [-0.2, -0.15) is 11.8 Å². The molecule has 0 aromatic carbocycles. The van der Waals surface area contributed by atoms with E-state index in [4.69, 9.17) is 9.15 Å². The number of rotatable bonds is 9. The van der Waals surface area contributed by atoms with Gasteiger partial charge in [0.1, 0.15) is 17.1 Å². The summed E-state index contributed by atoms with van der Waals surface area (Å²) in [5.41, 5.74) is -0.473. The zero-order valence-corrected chi connectivity index (χ0v) is 15.7. The van der Waals surface area contributed by atoms with Crippen molar-refractivity contribution < 1.29 is 13.9 Å². The van der Waals surface area contributed by atoms with E-state index in [1.807, 2.05) is 32.9 Å². The molecule has 5 nitrogen and oxygen atoms in total. The number of alkyl carbamates (subject to hydrolysis) is 1. The van der Waals surface area contributed by atoms with Crippen LogP contribution in [-0.2, 0) is 17.0 Å². The summed E-state index contributed by atoms with van der Waals surface area (Å²) >= 11 is 1.74. The van der Waals surface area contributed by atoms with Gasteiger partial charge >= 0.3 is 6.09 Å². The first kappa shape index (κ1) is 19.9. The van der Waals surface area contributed by atoms with E-state index in [0.29, 0.717) is 13.1 Å². The molecule has 0 fully saturated rings. The lowest BCUT2D eigenvalue weighted by molar-refractivity contribution is 0.0521. The van der Waals surface area contributed by atoms with Crippen LogP contribution >= 0.6 is 11.8 Å². The third-order valence-electron chi connectivity index (χ3n) is 3.10. The number of amides is 1. The second-order valence-corrected chi connectivity index (χ2v) is 7.42. The average Bonchev–Trinajstić information content (AvgIpc) is 2.88. The molecule has 0 saturated heterocycles. The summed E-state index contributed by atoms with van der Waals surface area (Å²) in [4.78, 5) is 11.7. The van der Waals surface area contributed by atoms with Crippen molar-refractivity contribution >= 4 is 17.9 Å². The number of furan rings is 1. The van der Waals surface area contributed by atoms with Crippen molar-refractivity contribution in [3.05, 3.63) is 23.7 Å². The second kappa shape index (κ2) is 9.88. The summed E-state index contributed by atoms with van der Waals surface area (Å²) in [5.74, 6) is 2.80. The predicted octanol–water partition coefficient (Wildman–Crippen LogP) is 3.93. The molecule has 23 heavy (non-hydrogen) atoms. The van der Waals surface area contributed by atoms with Gasteiger partial charge in [-0.05, 0) is 45.6 Å². The maximum atomic E-state index is 11.7. The Morgan fingerprint density at radius 1 is 1.35 bits per heavy atom. The van der Waals surface area contributed by atoms with Crippen molar-refractivity contribution in [2.75, 3.05) is 12.8 Å². The third kappa shape index (κ3) is 8.91. The van der Waals surface area contributed by atoms with Crippen LogP contribution < -0.4 is 10.6 Å². The van der Waals surface area contributed by atoms with Gasteiger partial charge in [-0.1, -0.05) is 13.3 Å². The number of carbonyl (C=O) groups is 1. The summed E-state index contributed by atoms with van der Waals surface area (Å²) in [6, 6.07) is 4.21. The quantitative estimate of drug-likeness (QED) is 0.712. The highest BCUT2D eigenvalue weighted by Gasteiger charge is 2.17. The van der Waals surface area contributed by atoms with Crippen LogP contribution in [0.2, 0.25) is 0 Å². The zero-order chi connectivity index (χ0) is 17.3. The van der Waals surface area contributed by atoms with E-state index < -0.39 is 5.60 Å². The Hall–Kier alpha value is -1.14. The second-order valence-electron chi connectivity index (χ2n) is 6.55. The van der Waals surface area contributed by atoms with Crippen molar-refractivity contribution in [3.8, 4) is 0 Å². The van der Waals surface area contributed by atoms with Gasteiger partial charge in [-0.15, -0.1) is 0 Å². The molecular weight excluding hydrogens is 312 g/mol. The minimum absolute atomic E-state index is 0.196. The molecule has 0 saturated carbocycles. The Morgan fingerprint density at radius 2 is 2.04 bits per heavy atom. The smallest absolute Gasteiger partial charge is 0.407 e. The molecule has 132 valence electrons. The molecule has 1 unspecified atom stereocenters. The molecule has 1 aromatic rings. The lowest BCUT2D eigenvalue weighted by Crippen LogP contribution is -2.42. The number of thioether (sulfide) groups is 1. The molecule has 1 aromatic heterocycles. The number of carbonyl (C=O) groups excluding carboxylic acids is 1. The number of hydrogen-bond donors (Lipinski definition) is 2. The molecule has 1 rings (SSSR count). The Kier molecular flexibility index (Phi) is 8.55. The fraction of sp³-hybridized carbons (Fsp3) is 0.706. The van der Waals surface area contributed by atoms with Crippen LogP contribution in [0.1, 0.15) is 52.1 Å². The highest BCUT2D eigenvalue weighted by Crippen LogP contribution is 2.13. The molecule has 1 amide bonds. The Bertz CT molecular complexity index is 469. The Morgan fingerprint density at radius 3 is 2.65 bits per heavy atom. The maximum Gasteiger partial charge on any atom is 0.407 e. The normalized spacial score (nSPS) is 12.9. The van der Waals surface area contributed by atoms with Crippen LogP contribution in [0.4, 0.5) is 4.79 Å². The summed E-state index contributed by atoms with van der Waals surface area (Å²) in [6.45, 7) is 8.91. The molecular formula is C17H30N2O3S. The van der Waals surface area contributed by atoms with Crippen LogP contribution in [0, 0.1) is 0 Å². The van der Waals surface area contributed by atoms with Gasteiger partial charge < -0.3 is 19.8 Å². The maximum absolute atomic E-state index is 11.7. The third-order valence-corrected chi connectivity index (χ3v) is 3.67. The van der Waals surface area contributed by atoms with Crippen molar-refractivity contribution in [1.82, 2.24) is 10.6 Å². The monoisotopic (exact) mass is 342 g/mol. The summed E-state index contributed by atoms with van der Waals surface area (Å²) < 4.78 is 11.0. The molecule has 1 heterocycles. The van der Waals surface area contributed by atoms with Crippen molar-refractivity contribution in [2.45, 2.75) is 64.5 Å². The van der Waals surface area contributed by atoms with E-state index in [1.54, 1.807) is 11.8 Å². The van der Waals surface area contributed by atoms with E-state index in [2.05, 4.69) is 23.8 Å². The van der Waals surface area contributed by atoms with Crippen LogP contribution in [-0.4, -0.2) is 30.5 Å². The Labute approximate surface area is 143 Å². The van der Waals surface area contributed by atoms with Gasteiger partial charge in [-0.25, -0.2) is 4.79 Å². The van der Waals surface area contributed by atoms with E-state index in [0.717, 1.165) is 30.1 Å². The first-order valence-corrected chi connectivity index (χ1v) is 9.50.